The number of pyridine rings is 1. The molecule has 4 heterocycles. The zero-order valence-electron chi connectivity index (χ0n) is 23.3. The highest BCUT2D eigenvalue weighted by Gasteiger charge is 2.31. The molecule has 2 aliphatic rings. The molecule has 0 bridgehead atoms. The van der Waals surface area contributed by atoms with Gasteiger partial charge in [0.15, 0.2) is 15.5 Å². The number of benzene rings is 1. The van der Waals surface area contributed by atoms with Crippen molar-refractivity contribution < 1.29 is 13.5 Å². The molecule has 0 saturated carbocycles. The maximum atomic E-state index is 11.8. The van der Waals surface area contributed by atoms with Gasteiger partial charge in [-0.3, -0.25) is 0 Å². The predicted octanol–water partition coefficient (Wildman–Crippen LogP) is 3.76. The maximum Gasteiger partial charge on any atom is 0.175 e. The molecule has 206 valence electrons. The number of β-amino-alcohol motifs (C(OH)–C–C–N with tert-alkyl or cyclic N) is 1. The number of likely N-dealkylation sites (tertiary alicyclic amines) is 2. The van der Waals surface area contributed by atoms with Gasteiger partial charge in [0.1, 0.15) is 11.3 Å². The lowest BCUT2D eigenvalue weighted by atomic mass is 9.90. The highest BCUT2D eigenvalue weighted by atomic mass is 32.2. The van der Waals surface area contributed by atoms with E-state index in [0.29, 0.717) is 16.9 Å². The van der Waals surface area contributed by atoms with Crippen LogP contribution in [0.2, 0.25) is 0 Å². The third-order valence-corrected chi connectivity index (χ3v) is 9.34. The van der Waals surface area contributed by atoms with Crippen LogP contribution in [0.3, 0.4) is 0 Å². The number of aryl methyl sites for hydroxylation is 2. The van der Waals surface area contributed by atoms with Gasteiger partial charge >= 0.3 is 0 Å². The Morgan fingerprint density at radius 1 is 1.00 bits per heavy atom. The summed E-state index contributed by atoms with van der Waals surface area (Å²) in [5.41, 5.74) is 4.30. The van der Waals surface area contributed by atoms with Crippen LogP contribution in [0.4, 0.5) is 0 Å². The fourth-order valence-electron chi connectivity index (χ4n) is 6.20. The molecule has 0 spiro atoms. The molecule has 0 atom stereocenters. The number of nitrogens with zero attached hydrogens (tertiary/aromatic N) is 5. The van der Waals surface area contributed by atoms with Gasteiger partial charge in [-0.05, 0) is 109 Å². The number of hydrogen-bond acceptors (Lipinski definition) is 7. The standard InChI is InChI=1S/C29H41N5O3S/c1-20-18-25(21-10-16-34(17-11-21)23-12-14-33(15-13-23)19-29(2,3)35)30-28-26(20)31-27(32(28)4)22-6-8-24(9-7-22)38(5,36)37/h6-9,18,21,23,35H,10-17,19H2,1-5H3. The van der Waals surface area contributed by atoms with Gasteiger partial charge in [-0.2, -0.15) is 0 Å². The number of aliphatic hydroxyl groups is 1. The topological polar surface area (TPSA) is 91.6 Å². The number of fused-ring (bicyclic) bond motifs is 1. The molecule has 38 heavy (non-hydrogen) atoms. The van der Waals surface area contributed by atoms with Gasteiger partial charge < -0.3 is 19.5 Å². The molecule has 0 unspecified atom stereocenters. The van der Waals surface area contributed by atoms with Crippen LogP contribution in [0.15, 0.2) is 35.2 Å². The lowest BCUT2D eigenvalue weighted by Gasteiger charge is -2.42. The summed E-state index contributed by atoms with van der Waals surface area (Å²) < 4.78 is 25.7. The summed E-state index contributed by atoms with van der Waals surface area (Å²) in [6.45, 7) is 11.0. The van der Waals surface area contributed by atoms with E-state index in [0.717, 1.165) is 79.4 Å². The quantitative estimate of drug-likeness (QED) is 0.510. The summed E-state index contributed by atoms with van der Waals surface area (Å²) in [4.78, 5) is 15.4. The van der Waals surface area contributed by atoms with Gasteiger partial charge in [-0.15, -0.1) is 0 Å². The smallest absolute Gasteiger partial charge is 0.175 e. The van der Waals surface area contributed by atoms with E-state index in [4.69, 9.17) is 9.97 Å². The average molecular weight is 540 g/mol. The second kappa shape index (κ2) is 10.3. The van der Waals surface area contributed by atoms with Crippen molar-refractivity contribution in [2.24, 2.45) is 7.05 Å². The summed E-state index contributed by atoms with van der Waals surface area (Å²) in [7, 11) is -1.25. The number of aromatic nitrogens is 3. The van der Waals surface area contributed by atoms with Crippen LogP contribution in [0, 0.1) is 6.92 Å². The molecular formula is C29H41N5O3S. The number of rotatable bonds is 6. The summed E-state index contributed by atoms with van der Waals surface area (Å²) in [6, 6.07) is 9.76. The van der Waals surface area contributed by atoms with Crippen molar-refractivity contribution in [3.05, 3.63) is 41.6 Å². The van der Waals surface area contributed by atoms with Crippen LogP contribution in [0.5, 0.6) is 0 Å². The predicted molar refractivity (Wildman–Crippen MR) is 151 cm³/mol. The summed E-state index contributed by atoms with van der Waals surface area (Å²) in [5, 5.41) is 10.1. The average Bonchev–Trinajstić information content (AvgIpc) is 3.20. The lowest BCUT2D eigenvalue weighted by molar-refractivity contribution is 0.0143. The van der Waals surface area contributed by atoms with Crippen LogP contribution in [-0.4, -0.2) is 88.5 Å². The number of sulfone groups is 1. The summed E-state index contributed by atoms with van der Waals surface area (Å²) in [6.07, 6.45) is 5.79. The molecular weight excluding hydrogens is 498 g/mol. The molecule has 1 aromatic carbocycles. The van der Waals surface area contributed by atoms with Crippen LogP contribution in [0.1, 0.15) is 56.7 Å². The molecule has 2 aliphatic heterocycles. The van der Waals surface area contributed by atoms with Gasteiger partial charge in [0.2, 0.25) is 0 Å². The zero-order valence-corrected chi connectivity index (χ0v) is 24.1. The minimum absolute atomic E-state index is 0.308. The van der Waals surface area contributed by atoms with E-state index in [1.807, 2.05) is 37.6 Å². The van der Waals surface area contributed by atoms with Crippen LogP contribution in [-0.2, 0) is 16.9 Å². The Labute approximate surface area is 226 Å². The first kappa shape index (κ1) is 27.2. The summed E-state index contributed by atoms with van der Waals surface area (Å²) in [5.74, 6) is 1.23. The van der Waals surface area contributed by atoms with Crippen LogP contribution < -0.4 is 0 Å². The second-order valence-corrected chi connectivity index (χ2v) is 14.0. The van der Waals surface area contributed by atoms with Gasteiger partial charge in [0.25, 0.3) is 0 Å². The number of piperidine rings is 2. The third-order valence-electron chi connectivity index (χ3n) is 8.21. The van der Waals surface area contributed by atoms with Crippen molar-refractivity contribution in [2.75, 3.05) is 39.0 Å². The Morgan fingerprint density at radius 2 is 1.63 bits per heavy atom. The minimum Gasteiger partial charge on any atom is -0.389 e. The fourth-order valence-corrected chi connectivity index (χ4v) is 6.83. The fraction of sp³-hybridized carbons (Fsp3) is 0.586. The van der Waals surface area contributed by atoms with E-state index in [1.54, 1.807) is 12.1 Å². The first-order valence-corrected chi connectivity index (χ1v) is 15.6. The molecule has 8 nitrogen and oxygen atoms in total. The molecule has 0 amide bonds. The Bertz CT molecular complexity index is 1390. The third kappa shape index (κ3) is 5.81. The molecule has 2 saturated heterocycles. The van der Waals surface area contributed by atoms with E-state index < -0.39 is 15.4 Å². The monoisotopic (exact) mass is 539 g/mol. The second-order valence-electron chi connectivity index (χ2n) is 12.0. The molecule has 9 heteroatoms. The van der Waals surface area contributed by atoms with Gasteiger partial charge in [0.05, 0.1) is 10.5 Å². The minimum atomic E-state index is -3.24. The molecule has 2 aromatic heterocycles. The molecule has 0 aliphatic carbocycles. The molecule has 1 N–H and O–H groups in total. The normalized spacial score (nSPS) is 19.4. The molecule has 3 aromatic rings. The van der Waals surface area contributed by atoms with E-state index in [-0.39, 0.29) is 0 Å². The van der Waals surface area contributed by atoms with E-state index in [2.05, 4.69) is 22.8 Å². The summed E-state index contributed by atoms with van der Waals surface area (Å²) >= 11 is 0. The highest BCUT2D eigenvalue weighted by molar-refractivity contribution is 7.90. The van der Waals surface area contributed by atoms with Crippen molar-refractivity contribution in [3.63, 3.8) is 0 Å². The first-order chi connectivity index (χ1) is 17.9. The number of hydrogen-bond donors (Lipinski definition) is 1. The van der Waals surface area contributed by atoms with Gasteiger partial charge in [0, 0.05) is 43.1 Å². The van der Waals surface area contributed by atoms with E-state index in [1.165, 1.54) is 19.1 Å². The number of imidazole rings is 1. The molecule has 2 fully saturated rings. The highest BCUT2D eigenvalue weighted by Crippen LogP contribution is 2.33. The van der Waals surface area contributed by atoms with Crippen LogP contribution in [0.25, 0.3) is 22.6 Å². The largest absolute Gasteiger partial charge is 0.389 e. The zero-order chi connectivity index (χ0) is 27.2. The Morgan fingerprint density at radius 3 is 2.21 bits per heavy atom. The van der Waals surface area contributed by atoms with Crippen molar-refractivity contribution in [1.82, 2.24) is 24.3 Å². The Kier molecular flexibility index (Phi) is 7.41. The van der Waals surface area contributed by atoms with Crippen molar-refractivity contribution in [3.8, 4) is 11.4 Å². The maximum absolute atomic E-state index is 11.8. The van der Waals surface area contributed by atoms with Crippen molar-refractivity contribution in [2.45, 2.75) is 68.9 Å². The molecule has 5 rings (SSSR count). The SMILES string of the molecule is Cc1cc(C2CCN(C3CCN(CC(C)(C)O)CC3)CC2)nc2c1nc(-c1ccc(S(C)(=O)=O)cc1)n2C. The lowest BCUT2D eigenvalue weighted by Crippen LogP contribution is -2.50. The van der Waals surface area contributed by atoms with Crippen molar-refractivity contribution in [1.29, 1.82) is 0 Å². The Balaban J connectivity index is 1.27. The molecule has 0 radical (unpaired) electrons. The van der Waals surface area contributed by atoms with E-state index >= 15 is 0 Å². The first-order valence-electron chi connectivity index (χ1n) is 13.7. The van der Waals surface area contributed by atoms with Crippen LogP contribution >= 0.6 is 0 Å². The van der Waals surface area contributed by atoms with Gasteiger partial charge in [-0.25, -0.2) is 18.4 Å². The Hall–Kier alpha value is -2.33. The van der Waals surface area contributed by atoms with E-state index in [9.17, 15) is 13.5 Å². The van der Waals surface area contributed by atoms with Gasteiger partial charge in [-0.1, -0.05) is 0 Å². The van der Waals surface area contributed by atoms with Crippen molar-refractivity contribution >= 4 is 21.0 Å².